The highest BCUT2D eigenvalue weighted by Gasteiger charge is 2.21. The Hall–Kier alpha value is -3.33. The number of fused-ring (bicyclic) bond motifs is 3. The van der Waals surface area contributed by atoms with E-state index < -0.39 is 0 Å². The van der Waals surface area contributed by atoms with Crippen LogP contribution >= 0.6 is 0 Å². The Kier molecular flexibility index (Phi) is 4.86. The number of rotatable bonds is 3. The van der Waals surface area contributed by atoms with Gasteiger partial charge in [-0.3, -0.25) is 4.57 Å². The van der Waals surface area contributed by atoms with Crippen LogP contribution in [0.2, 0.25) is 0 Å². The Morgan fingerprint density at radius 3 is 2.30 bits per heavy atom. The van der Waals surface area contributed by atoms with E-state index in [0.717, 1.165) is 5.82 Å². The molecule has 1 aliphatic carbocycles. The summed E-state index contributed by atoms with van der Waals surface area (Å²) in [6, 6.07) is 21.0. The lowest BCUT2D eigenvalue weighted by atomic mass is 9.95. The number of aromatic nitrogens is 3. The summed E-state index contributed by atoms with van der Waals surface area (Å²) in [5.74, 6) is 1.00. The lowest BCUT2D eigenvalue weighted by Crippen LogP contribution is -2.12. The van der Waals surface area contributed by atoms with Crippen molar-refractivity contribution in [3.05, 3.63) is 83.7 Å². The Morgan fingerprint density at radius 1 is 0.788 bits per heavy atom. The molecule has 3 aromatic carbocycles. The Bertz CT molecular complexity index is 1450. The molecule has 2 aromatic heterocycles. The molecule has 2 heterocycles. The van der Waals surface area contributed by atoms with Gasteiger partial charge >= 0.3 is 0 Å². The van der Waals surface area contributed by atoms with Gasteiger partial charge in [0.2, 0.25) is 0 Å². The number of benzene rings is 3. The van der Waals surface area contributed by atoms with Gasteiger partial charge in [0.15, 0.2) is 0 Å². The van der Waals surface area contributed by atoms with Crippen LogP contribution in [0.25, 0.3) is 38.9 Å². The molecule has 0 aliphatic heterocycles. The van der Waals surface area contributed by atoms with E-state index in [2.05, 4.69) is 90.7 Å². The van der Waals surface area contributed by atoms with Crippen LogP contribution in [0.5, 0.6) is 0 Å². The molecule has 0 unspecified atom stereocenters. The van der Waals surface area contributed by atoms with Crippen LogP contribution in [0.4, 0.5) is 0 Å². The molecule has 0 atom stereocenters. The van der Waals surface area contributed by atoms with Crippen LogP contribution < -0.4 is 0 Å². The summed E-state index contributed by atoms with van der Waals surface area (Å²) >= 11 is 0. The first-order chi connectivity index (χ1) is 16.1. The summed E-state index contributed by atoms with van der Waals surface area (Å²) in [6.45, 7) is 6.55. The summed E-state index contributed by atoms with van der Waals surface area (Å²) in [5, 5.41) is 2.68. The third-order valence-electron chi connectivity index (χ3n) is 7.42. The molecule has 0 bridgehead atoms. The molecule has 33 heavy (non-hydrogen) atoms. The third kappa shape index (κ3) is 3.30. The average molecular weight is 434 g/mol. The van der Waals surface area contributed by atoms with Crippen molar-refractivity contribution < 1.29 is 0 Å². The first-order valence-electron chi connectivity index (χ1n) is 12.3. The van der Waals surface area contributed by atoms with E-state index in [0.29, 0.717) is 6.04 Å². The predicted molar refractivity (Wildman–Crippen MR) is 138 cm³/mol. The summed E-state index contributed by atoms with van der Waals surface area (Å²) < 4.78 is 4.87. The van der Waals surface area contributed by atoms with Crippen LogP contribution in [0.3, 0.4) is 0 Å². The van der Waals surface area contributed by atoms with Crippen LogP contribution in [0.1, 0.15) is 54.8 Å². The molecule has 5 aromatic rings. The largest absolute Gasteiger partial charge is 0.337 e. The van der Waals surface area contributed by atoms with Gasteiger partial charge in [-0.2, -0.15) is 0 Å². The number of hydrogen-bond acceptors (Lipinski definition) is 1. The van der Waals surface area contributed by atoms with Crippen molar-refractivity contribution in [1.82, 2.24) is 14.1 Å². The summed E-state index contributed by atoms with van der Waals surface area (Å²) in [6.07, 6.45) is 10.6. The Morgan fingerprint density at radius 2 is 1.52 bits per heavy atom. The van der Waals surface area contributed by atoms with Gasteiger partial charge in [0.25, 0.3) is 0 Å². The molecule has 6 rings (SSSR count). The van der Waals surface area contributed by atoms with Crippen molar-refractivity contribution in [2.24, 2.45) is 0 Å². The van der Waals surface area contributed by atoms with Crippen LogP contribution in [-0.2, 0) is 0 Å². The molecule has 1 saturated carbocycles. The second-order valence-electron chi connectivity index (χ2n) is 9.78. The van der Waals surface area contributed by atoms with E-state index in [1.807, 2.05) is 6.20 Å². The van der Waals surface area contributed by atoms with Gasteiger partial charge in [-0.25, -0.2) is 4.98 Å². The lowest BCUT2D eigenvalue weighted by Gasteiger charge is -2.25. The van der Waals surface area contributed by atoms with Crippen LogP contribution in [0.15, 0.2) is 67.0 Å². The molecule has 1 aliphatic rings. The first kappa shape index (κ1) is 20.3. The minimum absolute atomic E-state index is 0.604. The van der Waals surface area contributed by atoms with E-state index in [1.165, 1.54) is 81.9 Å². The first-order valence-corrected chi connectivity index (χ1v) is 12.3. The lowest BCUT2D eigenvalue weighted by molar-refractivity contribution is 0.367. The second-order valence-corrected chi connectivity index (χ2v) is 9.78. The van der Waals surface area contributed by atoms with Gasteiger partial charge < -0.3 is 4.57 Å². The number of imidazole rings is 1. The zero-order valence-corrected chi connectivity index (χ0v) is 19.8. The minimum Gasteiger partial charge on any atom is -0.337 e. The minimum atomic E-state index is 0.604. The average Bonchev–Trinajstić information content (AvgIpc) is 3.41. The van der Waals surface area contributed by atoms with Crippen LogP contribution in [0, 0.1) is 20.8 Å². The van der Waals surface area contributed by atoms with Gasteiger partial charge in [-0.1, -0.05) is 55.2 Å². The van der Waals surface area contributed by atoms with Crippen molar-refractivity contribution >= 4 is 21.8 Å². The van der Waals surface area contributed by atoms with Gasteiger partial charge in [0, 0.05) is 45.8 Å². The number of nitrogens with zero attached hydrogens (tertiary/aromatic N) is 3. The standard InChI is InChI=1S/C30H31N3/c1-20-17-21(2)29(22(3)18-20)32-16-15-31-30(32)23-13-14-28-26(19-23)25-11-7-8-12-27(25)33(28)24-9-5-4-6-10-24/h7-8,11-19,24H,4-6,9-10H2,1-3H3. The maximum atomic E-state index is 4.81. The van der Waals surface area contributed by atoms with Crippen LogP contribution in [-0.4, -0.2) is 14.1 Å². The molecule has 3 nitrogen and oxygen atoms in total. The fourth-order valence-electron chi connectivity index (χ4n) is 6.12. The normalized spacial score (nSPS) is 15.0. The second kappa shape index (κ2) is 7.91. The van der Waals surface area contributed by atoms with E-state index in [4.69, 9.17) is 4.98 Å². The predicted octanol–water partition coefficient (Wildman–Crippen LogP) is 8.08. The smallest absolute Gasteiger partial charge is 0.144 e. The van der Waals surface area contributed by atoms with Gasteiger partial charge in [-0.05, 0) is 69.0 Å². The zero-order valence-electron chi connectivity index (χ0n) is 19.8. The maximum Gasteiger partial charge on any atom is 0.144 e. The summed E-state index contributed by atoms with van der Waals surface area (Å²) in [7, 11) is 0. The Labute approximate surface area is 195 Å². The highest BCUT2D eigenvalue weighted by atomic mass is 15.1. The SMILES string of the molecule is Cc1cc(C)c(-n2ccnc2-c2ccc3c(c2)c2ccccc2n3C2CCCCC2)c(C)c1. The highest BCUT2D eigenvalue weighted by molar-refractivity contribution is 6.09. The topological polar surface area (TPSA) is 22.8 Å². The van der Waals surface area contributed by atoms with E-state index >= 15 is 0 Å². The van der Waals surface area contributed by atoms with Gasteiger partial charge in [0.05, 0.1) is 5.69 Å². The third-order valence-corrected chi connectivity index (χ3v) is 7.42. The van der Waals surface area contributed by atoms with E-state index in [1.54, 1.807) is 0 Å². The monoisotopic (exact) mass is 433 g/mol. The molecule has 0 spiro atoms. The summed E-state index contributed by atoms with van der Waals surface area (Å²) in [4.78, 5) is 4.81. The van der Waals surface area contributed by atoms with Crippen molar-refractivity contribution in [3.8, 4) is 17.1 Å². The van der Waals surface area contributed by atoms with Gasteiger partial charge in [-0.15, -0.1) is 0 Å². The molecule has 0 N–H and O–H groups in total. The maximum absolute atomic E-state index is 4.81. The molecule has 1 fully saturated rings. The Balaban J connectivity index is 1.55. The van der Waals surface area contributed by atoms with Crippen molar-refractivity contribution in [2.75, 3.05) is 0 Å². The van der Waals surface area contributed by atoms with Crippen molar-refractivity contribution in [2.45, 2.75) is 58.9 Å². The molecular formula is C30H31N3. The molecule has 0 saturated heterocycles. The van der Waals surface area contributed by atoms with Gasteiger partial charge in [0.1, 0.15) is 5.82 Å². The molecule has 0 radical (unpaired) electrons. The van der Waals surface area contributed by atoms with E-state index in [9.17, 15) is 0 Å². The van der Waals surface area contributed by atoms with Crippen molar-refractivity contribution in [3.63, 3.8) is 0 Å². The fraction of sp³-hybridized carbons (Fsp3) is 0.300. The molecule has 0 amide bonds. The highest BCUT2D eigenvalue weighted by Crippen LogP contribution is 2.39. The molecule has 166 valence electrons. The quantitative estimate of drug-likeness (QED) is 0.282. The van der Waals surface area contributed by atoms with E-state index in [-0.39, 0.29) is 0 Å². The molecule has 3 heteroatoms. The number of aryl methyl sites for hydroxylation is 3. The number of hydrogen-bond donors (Lipinski definition) is 0. The zero-order chi connectivity index (χ0) is 22.5. The van der Waals surface area contributed by atoms with Crippen molar-refractivity contribution in [1.29, 1.82) is 0 Å². The molecular weight excluding hydrogens is 402 g/mol. The summed E-state index contributed by atoms with van der Waals surface area (Å²) in [5.41, 5.74) is 8.98. The number of para-hydroxylation sites is 1. The fourth-order valence-corrected chi connectivity index (χ4v) is 6.12.